The van der Waals surface area contributed by atoms with Crippen molar-refractivity contribution in [3.05, 3.63) is 29.6 Å². The minimum atomic E-state index is 0.583. The molecule has 0 saturated carbocycles. The molecule has 1 heteroatoms. The van der Waals surface area contributed by atoms with Crippen molar-refractivity contribution >= 4 is 0 Å². The lowest BCUT2D eigenvalue weighted by atomic mass is 9.86. The number of rotatable bonds is 5. The Hall–Kier alpha value is -0.850. The quantitative estimate of drug-likeness (QED) is 0.689. The Morgan fingerprint density at radius 2 is 1.93 bits per heavy atom. The van der Waals surface area contributed by atoms with Crippen LogP contribution in [0.5, 0.6) is 0 Å². The first-order valence-corrected chi connectivity index (χ1v) is 6.14. The number of aromatic nitrogens is 1. The largest absolute Gasteiger partial charge is 0.264 e. The lowest BCUT2D eigenvalue weighted by molar-refractivity contribution is 0.585. The van der Waals surface area contributed by atoms with Crippen LogP contribution in [-0.2, 0) is 0 Å². The molecule has 0 aliphatic rings. The summed E-state index contributed by atoms with van der Waals surface area (Å²) in [6, 6.07) is 2.21. The van der Waals surface area contributed by atoms with Crippen molar-refractivity contribution < 1.29 is 0 Å². The SMILES string of the molecule is CCCC(CC)c1ccncc1C(C)C. The van der Waals surface area contributed by atoms with Crippen LogP contribution in [0.2, 0.25) is 0 Å². The second-order valence-electron chi connectivity index (χ2n) is 4.55. The van der Waals surface area contributed by atoms with Crippen LogP contribution in [-0.4, -0.2) is 4.98 Å². The number of hydrogen-bond acceptors (Lipinski definition) is 1. The molecule has 0 bridgehead atoms. The molecular weight excluding hydrogens is 182 g/mol. The molecule has 1 heterocycles. The van der Waals surface area contributed by atoms with Gasteiger partial charge in [-0.25, -0.2) is 0 Å². The van der Waals surface area contributed by atoms with Gasteiger partial charge in [0.25, 0.3) is 0 Å². The predicted octanol–water partition coefficient (Wildman–Crippen LogP) is 4.50. The summed E-state index contributed by atoms with van der Waals surface area (Å²) in [5.74, 6) is 1.30. The Kier molecular flexibility index (Phi) is 4.80. The van der Waals surface area contributed by atoms with Gasteiger partial charge in [0.05, 0.1) is 0 Å². The zero-order chi connectivity index (χ0) is 11.3. The van der Waals surface area contributed by atoms with E-state index in [1.807, 2.05) is 12.4 Å². The molecule has 0 N–H and O–H groups in total. The van der Waals surface area contributed by atoms with Crippen LogP contribution in [0.3, 0.4) is 0 Å². The maximum Gasteiger partial charge on any atom is 0.0305 e. The van der Waals surface area contributed by atoms with E-state index in [2.05, 4.69) is 38.7 Å². The third kappa shape index (κ3) is 3.05. The van der Waals surface area contributed by atoms with E-state index in [0.29, 0.717) is 5.92 Å². The van der Waals surface area contributed by atoms with E-state index in [1.165, 1.54) is 30.4 Å². The van der Waals surface area contributed by atoms with Crippen molar-refractivity contribution in [2.45, 2.75) is 58.8 Å². The van der Waals surface area contributed by atoms with Gasteiger partial charge in [-0.15, -0.1) is 0 Å². The molecule has 0 fully saturated rings. The van der Waals surface area contributed by atoms with E-state index >= 15 is 0 Å². The predicted molar refractivity (Wildman–Crippen MR) is 66.3 cm³/mol. The van der Waals surface area contributed by atoms with Gasteiger partial charge in [0.2, 0.25) is 0 Å². The van der Waals surface area contributed by atoms with E-state index in [4.69, 9.17) is 0 Å². The molecule has 1 atom stereocenters. The summed E-state index contributed by atoms with van der Waals surface area (Å²) in [6.45, 7) is 9.04. The van der Waals surface area contributed by atoms with Gasteiger partial charge in [-0.3, -0.25) is 4.98 Å². The lowest BCUT2D eigenvalue weighted by Crippen LogP contribution is -2.03. The fraction of sp³-hybridized carbons (Fsp3) is 0.643. The van der Waals surface area contributed by atoms with Crippen LogP contribution < -0.4 is 0 Å². The van der Waals surface area contributed by atoms with Gasteiger partial charge in [0, 0.05) is 12.4 Å². The van der Waals surface area contributed by atoms with Gasteiger partial charge >= 0.3 is 0 Å². The Morgan fingerprint density at radius 3 is 2.47 bits per heavy atom. The topological polar surface area (TPSA) is 12.9 Å². The van der Waals surface area contributed by atoms with Crippen LogP contribution >= 0.6 is 0 Å². The van der Waals surface area contributed by atoms with Crippen molar-refractivity contribution in [1.82, 2.24) is 4.98 Å². The molecule has 0 spiro atoms. The van der Waals surface area contributed by atoms with E-state index in [9.17, 15) is 0 Å². The summed E-state index contributed by atoms with van der Waals surface area (Å²) in [5, 5.41) is 0. The fourth-order valence-corrected chi connectivity index (χ4v) is 2.20. The Morgan fingerprint density at radius 1 is 1.20 bits per heavy atom. The number of pyridine rings is 1. The number of hydrogen-bond donors (Lipinski definition) is 0. The highest BCUT2D eigenvalue weighted by molar-refractivity contribution is 5.29. The molecule has 0 amide bonds. The second-order valence-corrected chi connectivity index (χ2v) is 4.55. The Labute approximate surface area is 93.9 Å². The highest BCUT2D eigenvalue weighted by atomic mass is 14.6. The average Bonchev–Trinajstić information content (AvgIpc) is 2.26. The van der Waals surface area contributed by atoms with Crippen LogP contribution in [0.25, 0.3) is 0 Å². The Balaban J connectivity index is 2.99. The lowest BCUT2D eigenvalue weighted by Gasteiger charge is -2.19. The third-order valence-corrected chi connectivity index (χ3v) is 3.08. The molecule has 1 nitrogen and oxygen atoms in total. The molecule has 0 aliphatic carbocycles. The average molecular weight is 205 g/mol. The first-order valence-electron chi connectivity index (χ1n) is 6.14. The van der Waals surface area contributed by atoms with Crippen molar-refractivity contribution in [2.75, 3.05) is 0 Å². The van der Waals surface area contributed by atoms with Gasteiger partial charge in [-0.2, -0.15) is 0 Å². The van der Waals surface area contributed by atoms with Crippen LogP contribution in [0.1, 0.15) is 69.9 Å². The first kappa shape index (κ1) is 12.2. The molecule has 15 heavy (non-hydrogen) atoms. The van der Waals surface area contributed by atoms with Gasteiger partial charge in [0.1, 0.15) is 0 Å². The highest BCUT2D eigenvalue weighted by Gasteiger charge is 2.14. The van der Waals surface area contributed by atoms with Crippen molar-refractivity contribution in [3.8, 4) is 0 Å². The fourth-order valence-electron chi connectivity index (χ4n) is 2.20. The monoisotopic (exact) mass is 205 g/mol. The molecule has 0 aliphatic heterocycles. The van der Waals surface area contributed by atoms with Crippen LogP contribution in [0, 0.1) is 0 Å². The van der Waals surface area contributed by atoms with E-state index < -0.39 is 0 Å². The Bertz CT molecular complexity index is 291. The summed E-state index contributed by atoms with van der Waals surface area (Å²) >= 11 is 0. The maximum absolute atomic E-state index is 4.24. The molecule has 0 saturated heterocycles. The van der Waals surface area contributed by atoms with Crippen molar-refractivity contribution in [2.24, 2.45) is 0 Å². The summed E-state index contributed by atoms with van der Waals surface area (Å²) in [5.41, 5.74) is 2.95. The van der Waals surface area contributed by atoms with Crippen molar-refractivity contribution in [3.63, 3.8) is 0 Å². The minimum Gasteiger partial charge on any atom is -0.264 e. The zero-order valence-electron chi connectivity index (χ0n) is 10.5. The van der Waals surface area contributed by atoms with E-state index in [0.717, 1.165) is 5.92 Å². The highest BCUT2D eigenvalue weighted by Crippen LogP contribution is 2.30. The molecule has 1 rings (SSSR count). The molecular formula is C14H23N. The molecule has 1 unspecified atom stereocenters. The van der Waals surface area contributed by atoms with Crippen molar-refractivity contribution in [1.29, 1.82) is 0 Å². The smallest absolute Gasteiger partial charge is 0.0305 e. The van der Waals surface area contributed by atoms with Gasteiger partial charge in [-0.1, -0.05) is 34.1 Å². The van der Waals surface area contributed by atoms with Gasteiger partial charge < -0.3 is 0 Å². The van der Waals surface area contributed by atoms with Crippen LogP contribution in [0.4, 0.5) is 0 Å². The summed E-state index contributed by atoms with van der Waals surface area (Å²) in [6.07, 6.45) is 7.76. The molecule has 84 valence electrons. The number of nitrogens with zero attached hydrogens (tertiary/aromatic N) is 1. The molecule has 1 aromatic rings. The molecule has 1 aromatic heterocycles. The minimum absolute atomic E-state index is 0.583. The molecule has 0 radical (unpaired) electrons. The molecule has 0 aromatic carbocycles. The van der Waals surface area contributed by atoms with E-state index in [1.54, 1.807) is 0 Å². The first-order chi connectivity index (χ1) is 7.20. The summed E-state index contributed by atoms with van der Waals surface area (Å²) in [4.78, 5) is 4.24. The third-order valence-electron chi connectivity index (χ3n) is 3.08. The van der Waals surface area contributed by atoms with E-state index in [-0.39, 0.29) is 0 Å². The van der Waals surface area contributed by atoms with Gasteiger partial charge in [0.15, 0.2) is 0 Å². The zero-order valence-corrected chi connectivity index (χ0v) is 10.5. The maximum atomic E-state index is 4.24. The summed E-state index contributed by atoms with van der Waals surface area (Å²) in [7, 11) is 0. The summed E-state index contributed by atoms with van der Waals surface area (Å²) < 4.78 is 0. The standard InChI is InChI=1S/C14H23N/c1-5-7-12(6-2)13-8-9-15-10-14(13)11(3)4/h8-12H,5-7H2,1-4H3. The second kappa shape index (κ2) is 5.89. The van der Waals surface area contributed by atoms with Gasteiger partial charge in [-0.05, 0) is 41.9 Å². The normalized spacial score (nSPS) is 13.1. The van der Waals surface area contributed by atoms with Crippen LogP contribution in [0.15, 0.2) is 18.5 Å².